The van der Waals surface area contributed by atoms with Gasteiger partial charge in [0.25, 0.3) is 5.91 Å². The molecule has 2 aromatic carbocycles. The number of nitrogen functional groups attached to an aromatic ring is 1. The number of methoxy groups -OCH3 is 1. The molecule has 0 aromatic heterocycles. The van der Waals surface area contributed by atoms with Gasteiger partial charge in [0, 0.05) is 5.56 Å². The molecule has 5 heteroatoms. The fraction of sp³-hybridized carbons (Fsp3) is 0.0769. The minimum absolute atomic E-state index is 0.353. The molecule has 1 amide bonds. The molecular formula is C13H12N2O3. The Kier molecular flexibility index (Phi) is 3.25. The number of hydrogen-bond acceptors (Lipinski definition) is 4. The highest BCUT2D eigenvalue weighted by atomic mass is 16.5. The molecule has 5 nitrogen and oxygen atoms in total. The van der Waals surface area contributed by atoms with Gasteiger partial charge in [-0.1, -0.05) is 12.1 Å². The van der Waals surface area contributed by atoms with Crippen molar-refractivity contribution in [3.63, 3.8) is 0 Å². The van der Waals surface area contributed by atoms with Gasteiger partial charge in [-0.2, -0.15) is 0 Å². The predicted octanol–water partition coefficient (Wildman–Crippen LogP) is 1.23. The van der Waals surface area contributed by atoms with Crippen LogP contribution in [0.2, 0.25) is 0 Å². The van der Waals surface area contributed by atoms with E-state index in [1.807, 2.05) is 0 Å². The quantitative estimate of drug-likeness (QED) is 0.360. The van der Waals surface area contributed by atoms with E-state index in [1.54, 1.807) is 36.4 Å². The number of carbonyl (C=O) groups excluding carboxylic acids is 2. The van der Waals surface area contributed by atoms with Crippen LogP contribution in [0.3, 0.4) is 0 Å². The first-order valence-corrected chi connectivity index (χ1v) is 5.29. The minimum atomic E-state index is -0.388. The smallest absolute Gasteiger partial charge is 0.337 e. The Labute approximate surface area is 104 Å². The van der Waals surface area contributed by atoms with Crippen molar-refractivity contribution >= 4 is 22.6 Å². The van der Waals surface area contributed by atoms with Crippen molar-refractivity contribution in [2.75, 3.05) is 7.11 Å². The van der Waals surface area contributed by atoms with E-state index in [2.05, 4.69) is 10.2 Å². The highest BCUT2D eigenvalue weighted by molar-refractivity contribution is 6.00. The third-order valence-electron chi connectivity index (χ3n) is 2.65. The summed E-state index contributed by atoms with van der Waals surface area (Å²) in [6.07, 6.45) is 0. The monoisotopic (exact) mass is 244 g/mol. The lowest BCUT2D eigenvalue weighted by Gasteiger charge is -2.04. The van der Waals surface area contributed by atoms with Gasteiger partial charge in [-0.3, -0.25) is 10.2 Å². The number of hydrazine groups is 1. The summed E-state index contributed by atoms with van der Waals surface area (Å²) >= 11 is 0. The van der Waals surface area contributed by atoms with Crippen LogP contribution in [0.5, 0.6) is 0 Å². The van der Waals surface area contributed by atoms with Crippen molar-refractivity contribution in [1.82, 2.24) is 5.43 Å². The van der Waals surface area contributed by atoms with E-state index in [4.69, 9.17) is 5.84 Å². The maximum atomic E-state index is 11.4. The number of nitrogens with one attached hydrogen (secondary N) is 1. The van der Waals surface area contributed by atoms with E-state index < -0.39 is 0 Å². The van der Waals surface area contributed by atoms with Crippen LogP contribution < -0.4 is 11.3 Å². The third kappa shape index (κ3) is 2.16. The Hall–Kier alpha value is -2.40. The van der Waals surface area contributed by atoms with Gasteiger partial charge in [-0.15, -0.1) is 0 Å². The average Bonchev–Trinajstić information content (AvgIpc) is 2.44. The second-order valence-corrected chi connectivity index (χ2v) is 3.74. The molecule has 0 aliphatic carbocycles. The van der Waals surface area contributed by atoms with Crippen LogP contribution in [0.15, 0.2) is 36.4 Å². The standard InChI is InChI=1S/C13H12N2O3/c1-18-13(17)11-5-3-8-6-10(12(16)15-14)4-2-9(8)7-11/h2-7H,14H2,1H3,(H,15,16). The second kappa shape index (κ2) is 4.85. The van der Waals surface area contributed by atoms with E-state index in [1.165, 1.54) is 7.11 Å². The van der Waals surface area contributed by atoms with Crippen molar-refractivity contribution in [3.8, 4) is 0 Å². The topological polar surface area (TPSA) is 81.4 Å². The number of carbonyl (C=O) groups is 2. The van der Waals surface area contributed by atoms with Crippen LogP contribution >= 0.6 is 0 Å². The SMILES string of the molecule is COC(=O)c1ccc2cc(C(=O)NN)ccc2c1. The fourth-order valence-electron chi connectivity index (χ4n) is 1.72. The van der Waals surface area contributed by atoms with Gasteiger partial charge < -0.3 is 4.74 Å². The lowest BCUT2D eigenvalue weighted by molar-refractivity contribution is 0.0600. The minimum Gasteiger partial charge on any atom is -0.465 e. The molecule has 2 aromatic rings. The van der Waals surface area contributed by atoms with Gasteiger partial charge in [-0.25, -0.2) is 10.6 Å². The molecule has 0 saturated carbocycles. The van der Waals surface area contributed by atoms with Gasteiger partial charge in [0.2, 0.25) is 0 Å². The van der Waals surface area contributed by atoms with E-state index in [-0.39, 0.29) is 11.9 Å². The summed E-state index contributed by atoms with van der Waals surface area (Å²) in [6.45, 7) is 0. The van der Waals surface area contributed by atoms with Crippen molar-refractivity contribution in [2.24, 2.45) is 5.84 Å². The molecule has 0 radical (unpaired) electrons. The number of amides is 1. The van der Waals surface area contributed by atoms with Gasteiger partial charge in [-0.05, 0) is 35.0 Å². The molecule has 0 atom stereocenters. The summed E-state index contributed by atoms with van der Waals surface area (Å²) < 4.78 is 4.64. The molecule has 0 fully saturated rings. The molecule has 0 unspecified atom stereocenters. The van der Waals surface area contributed by atoms with E-state index >= 15 is 0 Å². The fourth-order valence-corrected chi connectivity index (χ4v) is 1.72. The molecule has 92 valence electrons. The Bertz CT molecular complexity index is 567. The van der Waals surface area contributed by atoms with Gasteiger partial charge >= 0.3 is 5.97 Å². The number of esters is 1. The zero-order valence-electron chi connectivity index (χ0n) is 9.77. The van der Waals surface area contributed by atoms with Crippen molar-refractivity contribution in [2.45, 2.75) is 0 Å². The number of nitrogens with two attached hydrogens (primary N) is 1. The normalized spacial score (nSPS) is 10.1. The van der Waals surface area contributed by atoms with Crippen LogP contribution in [0, 0.1) is 0 Å². The van der Waals surface area contributed by atoms with Crippen LogP contribution in [-0.2, 0) is 4.74 Å². The number of fused-ring (bicyclic) bond motifs is 1. The summed E-state index contributed by atoms with van der Waals surface area (Å²) in [6, 6.07) is 10.2. The highest BCUT2D eigenvalue weighted by Crippen LogP contribution is 2.18. The van der Waals surface area contributed by atoms with Crippen LogP contribution in [0.1, 0.15) is 20.7 Å². The molecule has 0 saturated heterocycles. The molecule has 0 aliphatic heterocycles. The van der Waals surface area contributed by atoms with E-state index in [9.17, 15) is 9.59 Å². The number of ether oxygens (including phenoxy) is 1. The van der Waals surface area contributed by atoms with E-state index in [0.717, 1.165) is 10.8 Å². The Morgan fingerprint density at radius 1 is 1.06 bits per heavy atom. The van der Waals surface area contributed by atoms with Crippen molar-refractivity contribution in [1.29, 1.82) is 0 Å². The molecule has 0 heterocycles. The molecule has 0 aliphatic rings. The molecule has 3 N–H and O–H groups in total. The zero-order valence-corrected chi connectivity index (χ0v) is 9.77. The molecule has 0 spiro atoms. The lowest BCUT2D eigenvalue weighted by Crippen LogP contribution is -2.29. The first kappa shape index (κ1) is 12.1. The third-order valence-corrected chi connectivity index (χ3v) is 2.65. The average molecular weight is 244 g/mol. The van der Waals surface area contributed by atoms with Crippen LogP contribution in [0.4, 0.5) is 0 Å². The summed E-state index contributed by atoms with van der Waals surface area (Å²) in [5.74, 6) is 4.33. The molecular weight excluding hydrogens is 232 g/mol. The van der Waals surface area contributed by atoms with Crippen molar-refractivity contribution in [3.05, 3.63) is 47.5 Å². The molecule has 18 heavy (non-hydrogen) atoms. The Morgan fingerprint density at radius 3 is 2.17 bits per heavy atom. The predicted molar refractivity (Wildman–Crippen MR) is 66.9 cm³/mol. The number of rotatable bonds is 2. The maximum absolute atomic E-state index is 11.4. The highest BCUT2D eigenvalue weighted by Gasteiger charge is 2.08. The Morgan fingerprint density at radius 2 is 1.61 bits per heavy atom. The summed E-state index contributed by atoms with van der Waals surface area (Å²) in [7, 11) is 1.33. The van der Waals surface area contributed by atoms with E-state index in [0.29, 0.717) is 11.1 Å². The summed E-state index contributed by atoms with van der Waals surface area (Å²) in [4.78, 5) is 22.7. The summed E-state index contributed by atoms with van der Waals surface area (Å²) in [5, 5.41) is 1.70. The van der Waals surface area contributed by atoms with Gasteiger partial charge in [0.05, 0.1) is 12.7 Å². The van der Waals surface area contributed by atoms with Crippen molar-refractivity contribution < 1.29 is 14.3 Å². The first-order chi connectivity index (χ1) is 8.65. The molecule has 0 bridgehead atoms. The lowest BCUT2D eigenvalue weighted by atomic mass is 10.0. The van der Waals surface area contributed by atoms with Gasteiger partial charge in [0.15, 0.2) is 0 Å². The Balaban J connectivity index is 2.48. The summed E-state index contributed by atoms with van der Waals surface area (Å²) in [5.41, 5.74) is 3.01. The maximum Gasteiger partial charge on any atom is 0.337 e. The second-order valence-electron chi connectivity index (χ2n) is 3.74. The van der Waals surface area contributed by atoms with Crippen LogP contribution in [-0.4, -0.2) is 19.0 Å². The first-order valence-electron chi connectivity index (χ1n) is 5.29. The molecule has 2 rings (SSSR count). The number of benzene rings is 2. The largest absolute Gasteiger partial charge is 0.465 e. The van der Waals surface area contributed by atoms with Crippen LogP contribution in [0.25, 0.3) is 10.8 Å². The van der Waals surface area contributed by atoms with Gasteiger partial charge in [0.1, 0.15) is 0 Å². The zero-order chi connectivity index (χ0) is 13.1. The number of hydrogen-bond donors (Lipinski definition) is 2.